The highest BCUT2D eigenvalue weighted by molar-refractivity contribution is 6.30. The lowest BCUT2D eigenvalue weighted by molar-refractivity contribution is 0.0949. The first-order valence-corrected chi connectivity index (χ1v) is 11.8. The Morgan fingerprint density at radius 3 is 2.63 bits per heavy atom. The van der Waals surface area contributed by atoms with E-state index >= 15 is 0 Å². The molecule has 0 saturated heterocycles. The van der Waals surface area contributed by atoms with E-state index in [9.17, 15) is 4.79 Å². The van der Waals surface area contributed by atoms with Gasteiger partial charge in [0, 0.05) is 23.7 Å². The number of carbonyl (C=O) groups is 1. The van der Waals surface area contributed by atoms with Crippen molar-refractivity contribution in [3.8, 4) is 23.0 Å². The van der Waals surface area contributed by atoms with E-state index in [1.807, 2.05) is 49.4 Å². The largest absolute Gasteiger partial charge is 0.497 e. The van der Waals surface area contributed by atoms with Crippen molar-refractivity contribution in [2.75, 3.05) is 27.5 Å². The molecule has 2 heterocycles. The SMILES string of the molecule is COc1ccc(OC)c(/C=C2/Oc3c4c(cc(C)c3C2=O)OCN(CCc2ccc(Cl)cc2)C4)c1. The molecule has 0 bridgehead atoms. The molecule has 0 aromatic heterocycles. The molecular formula is C28H26ClNO5. The normalized spacial score (nSPS) is 15.9. The fraction of sp³-hybridized carbons (Fsp3) is 0.250. The van der Waals surface area contributed by atoms with Crippen LogP contribution in [0.15, 0.2) is 54.3 Å². The zero-order chi connectivity index (χ0) is 24.5. The van der Waals surface area contributed by atoms with Crippen molar-refractivity contribution < 1.29 is 23.7 Å². The van der Waals surface area contributed by atoms with Gasteiger partial charge in [0.15, 0.2) is 5.76 Å². The Morgan fingerprint density at radius 2 is 1.89 bits per heavy atom. The van der Waals surface area contributed by atoms with Crippen LogP contribution in [0.5, 0.6) is 23.0 Å². The first-order valence-electron chi connectivity index (χ1n) is 11.4. The molecule has 0 fully saturated rings. The van der Waals surface area contributed by atoms with Crippen LogP contribution in [0.1, 0.15) is 32.6 Å². The van der Waals surface area contributed by atoms with Gasteiger partial charge in [0.2, 0.25) is 5.78 Å². The predicted octanol–water partition coefficient (Wildman–Crippen LogP) is 5.68. The number of fused-ring (bicyclic) bond motifs is 3. The van der Waals surface area contributed by atoms with Crippen molar-refractivity contribution >= 4 is 23.5 Å². The molecule has 0 aliphatic carbocycles. The van der Waals surface area contributed by atoms with E-state index in [4.69, 9.17) is 30.5 Å². The van der Waals surface area contributed by atoms with Crippen LogP contribution >= 0.6 is 11.6 Å². The minimum Gasteiger partial charge on any atom is -0.497 e. The smallest absolute Gasteiger partial charge is 0.232 e. The molecule has 180 valence electrons. The highest BCUT2D eigenvalue weighted by atomic mass is 35.5. The summed E-state index contributed by atoms with van der Waals surface area (Å²) in [5, 5.41) is 0.729. The first kappa shape index (κ1) is 23.3. The summed E-state index contributed by atoms with van der Waals surface area (Å²) in [6.45, 7) is 3.83. The number of ether oxygens (including phenoxy) is 4. The zero-order valence-electron chi connectivity index (χ0n) is 19.9. The number of carbonyl (C=O) groups excluding carboxylic acids is 1. The highest BCUT2D eigenvalue weighted by Gasteiger charge is 2.35. The van der Waals surface area contributed by atoms with Crippen LogP contribution < -0.4 is 18.9 Å². The molecule has 35 heavy (non-hydrogen) atoms. The molecule has 3 aromatic rings. The van der Waals surface area contributed by atoms with Gasteiger partial charge < -0.3 is 18.9 Å². The van der Waals surface area contributed by atoms with E-state index in [1.165, 1.54) is 5.56 Å². The monoisotopic (exact) mass is 491 g/mol. The van der Waals surface area contributed by atoms with Gasteiger partial charge in [-0.25, -0.2) is 0 Å². The minimum absolute atomic E-state index is 0.150. The molecular weight excluding hydrogens is 466 g/mol. The molecule has 0 unspecified atom stereocenters. The second-order valence-corrected chi connectivity index (χ2v) is 9.06. The maximum absolute atomic E-state index is 13.4. The quantitative estimate of drug-likeness (QED) is 0.414. The van der Waals surface area contributed by atoms with Crippen molar-refractivity contribution in [2.45, 2.75) is 19.9 Å². The summed E-state index contributed by atoms with van der Waals surface area (Å²) >= 11 is 6.00. The van der Waals surface area contributed by atoms with Crippen LogP contribution in [0.25, 0.3) is 6.08 Å². The topological polar surface area (TPSA) is 57.2 Å². The summed E-state index contributed by atoms with van der Waals surface area (Å²) < 4.78 is 23.1. The Kier molecular flexibility index (Phi) is 6.41. The zero-order valence-corrected chi connectivity index (χ0v) is 20.6. The van der Waals surface area contributed by atoms with Gasteiger partial charge in [0.05, 0.1) is 25.3 Å². The standard InChI is InChI=1S/C28H26ClNO5/c1-17-12-24-22(15-30(16-34-24)11-10-18-4-6-20(29)7-5-18)28-26(17)27(31)25(35-28)14-19-13-21(32-2)8-9-23(19)33-3/h4-9,12-14H,10-11,15-16H2,1-3H3/b25-14+. The molecule has 0 amide bonds. The van der Waals surface area contributed by atoms with Crippen LogP contribution in [-0.2, 0) is 13.0 Å². The van der Waals surface area contributed by atoms with Gasteiger partial charge in [-0.05, 0) is 66.9 Å². The van der Waals surface area contributed by atoms with Crippen molar-refractivity contribution in [1.29, 1.82) is 0 Å². The predicted molar refractivity (Wildman–Crippen MR) is 135 cm³/mol. The molecule has 7 heteroatoms. The van der Waals surface area contributed by atoms with Crippen molar-refractivity contribution in [3.05, 3.63) is 87.1 Å². The number of halogens is 1. The van der Waals surface area contributed by atoms with E-state index in [0.29, 0.717) is 41.7 Å². The van der Waals surface area contributed by atoms with E-state index in [1.54, 1.807) is 26.4 Å². The van der Waals surface area contributed by atoms with E-state index in [0.717, 1.165) is 34.9 Å². The number of allylic oxidation sites excluding steroid dienone is 1. The van der Waals surface area contributed by atoms with Gasteiger partial charge in [-0.2, -0.15) is 0 Å². The van der Waals surface area contributed by atoms with Crippen LogP contribution in [-0.4, -0.2) is 38.2 Å². The molecule has 3 aromatic carbocycles. The number of aryl methyl sites for hydroxylation is 1. The molecule has 5 rings (SSSR count). The van der Waals surface area contributed by atoms with Crippen molar-refractivity contribution in [3.63, 3.8) is 0 Å². The third kappa shape index (κ3) is 4.59. The minimum atomic E-state index is -0.150. The average Bonchev–Trinajstić information content (AvgIpc) is 3.20. The number of methoxy groups -OCH3 is 2. The second kappa shape index (κ2) is 9.64. The third-order valence-corrected chi connectivity index (χ3v) is 6.59. The number of nitrogens with zero attached hydrogens (tertiary/aromatic N) is 1. The lowest BCUT2D eigenvalue weighted by atomic mass is 9.98. The number of hydrogen-bond donors (Lipinski definition) is 0. The summed E-state index contributed by atoms with van der Waals surface area (Å²) in [5.74, 6) is 2.73. The van der Waals surface area contributed by atoms with Crippen LogP contribution in [0.2, 0.25) is 5.02 Å². The second-order valence-electron chi connectivity index (χ2n) is 8.62. The number of ketones is 1. The molecule has 0 radical (unpaired) electrons. The molecule has 0 N–H and O–H groups in total. The van der Waals surface area contributed by atoms with Gasteiger partial charge in [-0.15, -0.1) is 0 Å². The molecule has 2 aliphatic heterocycles. The number of Topliss-reactive ketones (excluding diaryl/α,β-unsaturated/α-hetero) is 1. The Hall–Kier alpha value is -3.48. The maximum atomic E-state index is 13.4. The number of hydrogen-bond acceptors (Lipinski definition) is 6. The lowest BCUT2D eigenvalue weighted by Crippen LogP contribution is -2.33. The number of rotatable bonds is 6. The summed E-state index contributed by atoms with van der Waals surface area (Å²) in [6.07, 6.45) is 2.57. The van der Waals surface area contributed by atoms with Crippen molar-refractivity contribution in [1.82, 2.24) is 4.90 Å². The van der Waals surface area contributed by atoms with Crippen LogP contribution in [0, 0.1) is 6.92 Å². The summed E-state index contributed by atoms with van der Waals surface area (Å²) in [5.41, 5.74) is 4.22. The first-order chi connectivity index (χ1) is 17.0. The summed E-state index contributed by atoms with van der Waals surface area (Å²) in [7, 11) is 3.19. The number of benzene rings is 3. The lowest BCUT2D eigenvalue weighted by Gasteiger charge is -2.30. The maximum Gasteiger partial charge on any atom is 0.232 e. The Bertz CT molecular complexity index is 1320. The molecule has 0 spiro atoms. The van der Waals surface area contributed by atoms with Gasteiger partial charge in [-0.3, -0.25) is 9.69 Å². The van der Waals surface area contributed by atoms with Gasteiger partial charge in [-0.1, -0.05) is 23.7 Å². The van der Waals surface area contributed by atoms with Gasteiger partial charge in [0.1, 0.15) is 29.7 Å². The molecule has 6 nitrogen and oxygen atoms in total. The summed E-state index contributed by atoms with van der Waals surface area (Å²) in [6, 6.07) is 15.2. The van der Waals surface area contributed by atoms with E-state index in [-0.39, 0.29) is 11.5 Å². The van der Waals surface area contributed by atoms with Crippen LogP contribution in [0.3, 0.4) is 0 Å². The highest BCUT2D eigenvalue weighted by Crippen LogP contribution is 2.44. The van der Waals surface area contributed by atoms with Crippen LogP contribution in [0.4, 0.5) is 0 Å². The molecule has 2 aliphatic rings. The molecule has 0 saturated carbocycles. The van der Waals surface area contributed by atoms with Gasteiger partial charge >= 0.3 is 0 Å². The fourth-order valence-electron chi connectivity index (χ4n) is 4.45. The Labute approximate surface area is 209 Å². The third-order valence-electron chi connectivity index (χ3n) is 6.34. The Balaban J connectivity index is 1.42. The van der Waals surface area contributed by atoms with Crippen molar-refractivity contribution in [2.24, 2.45) is 0 Å². The average molecular weight is 492 g/mol. The van der Waals surface area contributed by atoms with E-state index < -0.39 is 0 Å². The fourth-order valence-corrected chi connectivity index (χ4v) is 4.58. The molecule has 0 atom stereocenters. The van der Waals surface area contributed by atoms with E-state index in [2.05, 4.69) is 4.90 Å². The summed E-state index contributed by atoms with van der Waals surface area (Å²) in [4.78, 5) is 15.6. The Morgan fingerprint density at radius 1 is 1.09 bits per heavy atom. The van der Waals surface area contributed by atoms with Gasteiger partial charge in [0.25, 0.3) is 0 Å².